The quantitative estimate of drug-likeness (QED) is 0.0353. The maximum absolute atomic E-state index is 12.5. The Labute approximate surface area is 242 Å². The third-order valence-electron chi connectivity index (χ3n) is 6.34. The highest BCUT2D eigenvalue weighted by Gasteiger charge is 2.58. The van der Waals surface area contributed by atoms with Gasteiger partial charge in [-0.15, -0.1) is 23.2 Å². The van der Waals surface area contributed by atoms with Crippen molar-refractivity contribution >= 4 is 62.3 Å². The SMILES string of the molecule is C[C@H](NC(=O)[C@@H](N)Cc1ccc([N+](C=O)(CCCl)CCCl)cc1)C(=O)NCCCCC(O)(P(=O)(O)O)P(=O)(O)O. The molecular formula is C22H37Cl2N4O10P2+. The lowest BCUT2D eigenvalue weighted by Crippen LogP contribution is -2.51. The molecule has 18 heteroatoms. The molecule has 0 saturated heterocycles. The highest BCUT2D eigenvalue weighted by atomic mass is 35.5. The van der Waals surface area contributed by atoms with E-state index in [0.29, 0.717) is 18.8 Å². The summed E-state index contributed by atoms with van der Waals surface area (Å²) in [6.07, 6.45) is -0.148. The molecule has 0 aliphatic heterocycles. The Morgan fingerprint density at radius 3 is 2.00 bits per heavy atom. The van der Waals surface area contributed by atoms with Crippen LogP contribution in [0.2, 0.25) is 0 Å². The van der Waals surface area contributed by atoms with Crippen LogP contribution in [0.4, 0.5) is 5.69 Å². The molecule has 9 N–H and O–H groups in total. The summed E-state index contributed by atoms with van der Waals surface area (Å²) in [5, 5.41) is 11.3. The van der Waals surface area contributed by atoms with Crippen LogP contribution >= 0.6 is 38.4 Å². The third kappa shape index (κ3) is 9.85. The van der Waals surface area contributed by atoms with Crippen molar-refractivity contribution in [1.29, 1.82) is 0 Å². The van der Waals surface area contributed by atoms with Gasteiger partial charge in [-0.25, -0.2) is 9.28 Å². The van der Waals surface area contributed by atoms with Gasteiger partial charge in [0.1, 0.15) is 24.8 Å². The second kappa shape index (κ2) is 15.7. The zero-order valence-electron chi connectivity index (χ0n) is 21.9. The molecular weight excluding hydrogens is 613 g/mol. The first kappa shape index (κ1) is 36.6. The number of alkyl halides is 2. The average Bonchev–Trinajstić information content (AvgIpc) is 2.86. The van der Waals surface area contributed by atoms with Gasteiger partial charge in [0.2, 0.25) is 11.8 Å². The number of carbonyl (C=O) groups excluding carboxylic acids is 3. The number of nitrogens with one attached hydrogen (secondary N) is 2. The van der Waals surface area contributed by atoms with E-state index in [1.165, 1.54) is 6.92 Å². The molecule has 0 fully saturated rings. The smallest absolute Gasteiger partial charge is 0.368 e. The Morgan fingerprint density at radius 2 is 1.55 bits per heavy atom. The zero-order valence-corrected chi connectivity index (χ0v) is 25.2. The minimum atomic E-state index is -5.54. The Kier molecular flexibility index (Phi) is 14.4. The van der Waals surface area contributed by atoms with Crippen molar-refractivity contribution in [2.24, 2.45) is 5.73 Å². The van der Waals surface area contributed by atoms with Crippen LogP contribution < -0.4 is 20.9 Å². The van der Waals surface area contributed by atoms with Crippen molar-refractivity contribution in [2.75, 3.05) is 31.4 Å². The van der Waals surface area contributed by atoms with E-state index in [4.69, 9.17) is 48.5 Å². The summed E-state index contributed by atoms with van der Waals surface area (Å²) in [5.74, 6) is -0.677. The number of nitrogens with two attached hydrogens (primary N) is 1. The number of quaternary nitrogens is 1. The van der Waals surface area contributed by atoms with Crippen molar-refractivity contribution in [2.45, 2.75) is 49.8 Å². The molecule has 0 aliphatic carbocycles. The lowest BCUT2D eigenvalue weighted by atomic mass is 10.0. The molecule has 0 aromatic heterocycles. The molecule has 228 valence electrons. The van der Waals surface area contributed by atoms with Gasteiger partial charge in [0.25, 0.3) is 5.08 Å². The van der Waals surface area contributed by atoms with Gasteiger partial charge in [0.05, 0.1) is 17.8 Å². The van der Waals surface area contributed by atoms with Gasteiger partial charge in [-0.3, -0.25) is 18.7 Å². The topological polar surface area (TPSA) is 237 Å². The normalized spacial score (nSPS) is 14.3. The molecule has 14 nitrogen and oxygen atoms in total. The summed E-state index contributed by atoms with van der Waals surface area (Å²) in [6.45, 7) is 2.09. The summed E-state index contributed by atoms with van der Waals surface area (Å²) in [4.78, 5) is 73.1. The average molecular weight is 650 g/mol. The molecule has 0 radical (unpaired) electrons. The fourth-order valence-corrected chi connectivity index (χ4v) is 6.67. The maximum Gasteiger partial charge on any atom is 0.369 e. The summed E-state index contributed by atoms with van der Waals surface area (Å²) < 4.78 is 22.7. The monoisotopic (exact) mass is 649 g/mol. The van der Waals surface area contributed by atoms with E-state index in [1.807, 2.05) is 0 Å². The second-order valence-electron chi connectivity index (χ2n) is 9.28. The molecule has 1 rings (SSSR count). The number of benzene rings is 1. The van der Waals surface area contributed by atoms with Crippen molar-refractivity contribution in [1.82, 2.24) is 15.1 Å². The van der Waals surface area contributed by atoms with Gasteiger partial charge in [-0.2, -0.15) is 0 Å². The van der Waals surface area contributed by atoms with Crippen LogP contribution in [0, 0.1) is 0 Å². The first-order valence-corrected chi connectivity index (χ1v) is 16.5. The van der Waals surface area contributed by atoms with Crippen LogP contribution in [0.1, 0.15) is 31.7 Å². The van der Waals surface area contributed by atoms with E-state index in [2.05, 4.69) is 10.6 Å². The maximum atomic E-state index is 12.5. The summed E-state index contributed by atoms with van der Waals surface area (Å²) in [5.41, 5.74) is 7.41. The highest BCUT2D eigenvalue weighted by Crippen LogP contribution is 2.69. The Morgan fingerprint density at radius 1 is 1.02 bits per heavy atom. The highest BCUT2D eigenvalue weighted by molar-refractivity contribution is 7.72. The minimum Gasteiger partial charge on any atom is -0.368 e. The van der Waals surface area contributed by atoms with Gasteiger partial charge in [-0.05, 0) is 50.3 Å². The number of amides is 3. The number of hydrogen-bond acceptors (Lipinski definition) is 7. The number of carbonyl (C=O) groups is 3. The molecule has 0 spiro atoms. The molecule has 1 aromatic carbocycles. The molecule has 0 aliphatic rings. The number of rotatable bonds is 18. The molecule has 1 aromatic rings. The minimum absolute atomic E-state index is 0.0319. The van der Waals surface area contributed by atoms with Gasteiger partial charge in [-0.1, -0.05) is 12.1 Å². The first-order chi connectivity index (χ1) is 18.5. The molecule has 0 unspecified atom stereocenters. The predicted octanol–water partition coefficient (Wildman–Crippen LogP) is 0.290. The standard InChI is InChI=1S/C22H36Cl2N4O10P2/c1-16(20(30)26-11-3-2-8-22(32,39(33,34)35)40(36,37)38)27-21(31)19(25)14-17-4-6-18(7-5-17)28(15-29,12-9-23)13-10-24/h4-7,15-16,19,32H,2-3,8-14,25H2,1H3,(H5-,26,27,30,31,33,34,35,36,37,38)/p+1/t16-,19-/m0/s1. The second-order valence-corrected chi connectivity index (χ2v) is 14.0. The van der Waals surface area contributed by atoms with E-state index >= 15 is 0 Å². The van der Waals surface area contributed by atoms with Gasteiger partial charge < -0.3 is 41.0 Å². The van der Waals surface area contributed by atoms with Crippen LogP contribution in [-0.2, 0) is 29.9 Å². The van der Waals surface area contributed by atoms with E-state index in [-0.39, 0.29) is 42.1 Å². The van der Waals surface area contributed by atoms with E-state index in [1.54, 1.807) is 24.3 Å². The molecule has 0 saturated carbocycles. The van der Waals surface area contributed by atoms with E-state index < -0.39 is 50.6 Å². The van der Waals surface area contributed by atoms with Crippen molar-refractivity contribution < 1.29 is 48.2 Å². The molecule has 40 heavy (non-hydrogen) atoms. The largest absolute Gasteiger partial charge is 0.369 e. The van der Waals surface area contributed by atoms with Crippen LogP contribution in [-0.4, -0.2) is 91.5 Å². The zero-order chi connectivity index (χ0) is 30.8. The molecule has 0 heterocycles. The Balaban J connectivity index is 2.60. The number of aliphatic hydroxyl groups is 1. The molecule has 0 bridgehead atoms. The van der Waals surface area contributed by atoms with Crippen molar-refractivity contribution in [3.8, 4) is 0 Å². The van der Waals surface area contributed by atoms with Gasteiger partial charge in [0.15, 0.2) is 0 Å². The number of halogens is 2. The molecule has 3 amide bonds. The van der Waals surface area contributed by atoms with Gasteiger partial charge in [0, 0.05) is 6.54 Å². The summed E-state index contributed by atoms with van der Waals surface area (Å²) in [6, 6.07) is 4.97. The Hall–Kier alpha value is -1.41. The van der Waals surface area contributed by atoms with E-state index in [0.717, 1.165) is 12.0 Å². The fraction of sp³-hybridized carbons (Fsp3) is 0.591. The van der Waals surface area contributed by atoms with Crippen LogP contribution in [0.25, 0.3) is 0 Å². The Bertz CT molecular complexity index is 1070. The van der Waals surface area contributed by atoms with E-state index in [9.17, 15) is 28.6 Å². The van der Waals surface area contributed by atoms with Crippen molar-refractivity contribution in [3.05, 3.63) is 29.8 Å². The number of nitrogens with zero attached hydrogens (tertiary/aromatic N) is 1. The third-order valence-corrected chi connectivity index (χ3v) is 10.5. The number of hydrogen-bond donors (Lipinski definition) is 8. The van der Waals surface area contributed by atoms with Crippen LogP contribution in [0.5, 0.6) is 0 Å². The predicted molar refractivity (Wildman–Crippen MR) is 151 cm³/mol. The van der Waals surface area contributed by atoms with Gasteiger partial charge >= 0.3 is 21.6 Å². The fourth-order valence-electron chi connectivity index (χ4n) is 3.81. The first-order valence-electron chi connectivity index (χ1n) is 12.2. The lowest BCUT2D eigenvalue weighted by molar-refractivity contribution is -0.129. The van der Waals surface area contributed by atoms with Crippen molar-refractivity contribution in [3.63, 3.8) is 0 Å². The summed E-state index contributed by atoms with van der Waals surface area (Å²) in [7, 11) is -11.1. The van der Waals surface area contributed by atoms with Crippen LogP contribution in [0.15, 0.2) is 24.3 Å². The lowest BCUT2D eigenvalue weighted by Gasteiger charge is -2.30. The molecule has 2 atom stereocenters. The number of unbranched alkanes of at least 4 members (excludes halogenated alkanes) is 1. The summed E-state index contributed by atoms with van der Waals surface area (Å²) >= 11 is 11.7. The van der Waals surface area contributed by atoms with Crippen LogP contribution in [0.3, 0.4) is 0 Å².